The van der Waals surface area contributed by atoms with Gasteiger partial charge < -0.3 is 15.0 Å². The molecule has 1 rings (SSSR count). The number of aliphatic hydroxyl groups is 1. The van der Waals surface area contributed by atoms with Crippen molar-refractivity contribution in [3.8, 4) is 0 Å². The first kappa shape index (κ1) is 15.8. The first-order chi connectivity index (χ1) is 9.04. The SMILES string of the molecule is CCC(CCO)CNC(=O)c1cc(C)n(CC)c1C. The fraction of sp³-hybridized carbons (Fsp3) is 0.667. The number of aryl methyl sites for hydroxylation is 1. The number of rotatable bonds is 7. The van der Waals surface area contributed by atoms with Gasteiger partial charge in [0.25, 0.3) is 5.91 Å². The Bertz CT molecular complexity index is 424. The summed E-state index contributed by atoms with van der Waals surface area (Å²) < 4.78 is 2.14. The number of hydrogen-bond acceptors (Lipinski definition) is 2. The quantitative estimate of drug-likeness (QED) is 0.795. The summed E-state index contributed by atoms with van der Waals surface area (Å²) in [6.45, 7) is 9.85. The Hall–Kier alpha value is -1.29. The number of aromatic nitrogens is 1. The predicted octanol–water partition coefficient (Wildman–Crippen LogP) is 2.26. The highest BCUT2D eigenvalue weighted by molar-refractivity contribution is 5.95. The highest BCUT2D eigenvalue weighted by atomic mass is 16.3. The molecule has 2 N–H and O–H groups in total. The number of aliphatic hydroxyl groups excluding tert-OH is 1. The maximum Gasteiger partial charge on any atom is 0.253 e. The molecule has 1 heterocycles. The van der Waals surface area contributed by atoms with Gasteiger partial charge in [-0.2, -0.15) is 0 Å². The highest BCUT2D eigenvalue weighted by Crippen LogP contribution is 2.15. The van der Waals surface area contributed by atoms with E-state index < -0.39 is 0 Å². The molecule has 0 radical (unpaired) electrons. The van der Waals surface area contributed by atoms with Gasteiger partial charge in [-0.15, -0.1) is 0 Å². The summed E-state index contributed by atoms with van der Waals surface area (Å²) in [6, 6.07) is 1.95. The van der Waals surface area contributed by atoms with Crippen molar-refractivity contribution in [2.24, 2.45) is 5.92 Å². The van der Waals surface area contributed by atoms with Crippen LogP contribution < -0.4 is 5.32 Å². The Morgan fingerprint density at radius 2 is 2.11 bits per heavy atom. The summed E-state index contributed by atoms with van der Waals surface area (Å²) in [5.41, 5.74) is 2.90. The minimum Gasteiger partial charge on any atom is -0.396 e. The van der Waals surface area contributed by atoms with Crippen LogP contribution in [0.4, 0.5) is 0 Å². The van der Waals surface area contributed by atoms with Gasteiger partial charge in [-0.05, 0) is 39.2 Å². The van der Waals surface area contributed by atoms with Gasteiger partial charge in [-0.25, -0.2) is 0 Å². The Morgan fingerprint density at radius 1 is 1.42 bits per heavy atom. The van der Waals surface area contributed by atoms with Crippen molar-refractivity contribution >= 4 is 5.91 Å². The monoisotopic (exact) mass is 266 g/mol. The molecule has 0 aromatic carbocycles. The fourth-order valence-electron chi connectivity index (χ4n) is 2.48. The smallest absolute Gasteiger partial charge is 0.253 e. The molecule has 1 aromatic rings. The van der Waals surface area contributed by atoms with E-state index >= 15 is 0 Å². The molecule has 108 valence electrons. The van der Waals surface area contributed by atoms with Crippen LogP contribution in [-0.4, -0.2) is 28.7 Å². The average molecular weight is 266 g/mol. The van der Waals surface area contributed by atoms with E-state index in [9.17, 15) is 4.79 Å². The molecule has 0 fully saturated rings. The predicted molar refractivity (Wildman–Crippen MR) is 77.4 cm³/mol. The van der Waals surface area contributed by atoms with Gasteiger partial charge in [-0.1, -0.05) is 13.3 Å². The van der Waals surface area contributed by atoms with Gasteiger partial charge in [0, 0.05) is 31.1 Å². The summed E-state index contributed by atoms with van der Waals surface area (Å²) in [4.78, 5) is 12.2. The van der Waals surface area contributed by atoms with Crippen molar-refractivity contribution in [2.75, 3.05) is 13.2 Å². The molecular weight excluding hydrogens is 240 g/mol. The normalized spacial score (nSPS) is 12.5. The Balaban J connectivity index is 2.68. The molecule has 1 atom stereocenters. The summed E-state index contributed by atoms with van der Waals surface area (Å²) in [7, 11) is 0. The Labute approximate surface area is 115 Å². The Morgan fingerprint density at radius 3 is 2.58 bits per heavy atom. The molecule has 0 spiro atoms. The largest absolute Gasteiger partial charge is 0.396 e. The van der Waals surface area contributed by atoms with Crippen LogP contribution in [0.3, 0.4) is 0 Å². The van der Waals surface area contributed by atoms with Crippen LogP contribution in [0.5, 0.6) is 0 Å². The van der Waals surface area contributed by atoms with Gasteiger partial charge in [0.05, 0.1) is 5.56 Å². The van der Waals surface area contributed by atoms with E-state index in [1.807, 2.05) is 19.9 Å². The standard InChI is InChI=1S/C15H26N2O2/c1-5-13(7-8-18)10-16-15(19)14-9-11(3)17(6-2)12(14)4/h9,13,18H,5-8,10H2,1-4H3,(H,16,19). The Kier molecular flexibility index (Phi) is 6.09. The van der Waals surface area contributed by atoms with Crippen molar-refractivity contribution in [3.05, 3.63) is 23.0 Å². The van der Waals surface area contributed by atoms with Crippen LogP contribution in [0.25, 0.3) is 0 Å². The number of amides is 1. The van der Waals surface area contributed by atoms with Gasteiger partial charge >= 0.3 is 0 Å². The van der Waals surface area contributed by atoms with Crippen LogP contribution in [0.1, 0.15) is 48.4 Å². The van der Waals surface area contributed by atoms with Crippen molar-refractivity contribution in [3.63, 3.8) is 0 Å². The lowest BCUT2D eigenvalue weighted by molar-refractivity contribution is 0.0943. The minimum absolute atomic E-state index is 0.0100. The third kappa shape index (κ3) is 3.83. The molecule has 1 aromatic heterocycles. The molecule has 0 aliphatic heterocycles. The van der Waals surface area contributed by atoms with E-state index in [1.54, 1.807) is 0 Å². The van der Waals surface area contributed by atoms with Gasteiger partial charge in [0.15, 0.2) is 0 Å². The zero-order valence-corrected chi connectivity index (χ0v) is 12.5. The fourth-order valence-corrected chi connectivity index (χ4v) is 2.48. The van der Waals surface area contributed by atoms with E-state index in [2.05, 4.69) is 23.7 Å². The highest BCUT2D eigenvalue weighted by Gasteiger charge is 2.15. The number of carbonyl (C=O) groups excluding carboxylic acids is 1. The summed E-state index contributed by atoms with van der Waals surface area (Å²) in [5, 5.41) is 11.9. The van der Waals surface area contributed by atoms with Crippen LogP contribution in [0.15, 0.2) is 6.07 Å². The summed E-state index contributed by atoms with van der Waals surface area (Å²) in [6.07, 6.45) is 1.71. The first-order valence-electron chi connectivity index (χ1n) is 7.10. The third-order valence-electron chi connectivity index (χ3n) is 3.80. The maximum atomic E-state index is 12.2. The van der Waals surface area contributed by atoms with Gasteiger partial charge in [0.2, 0.25) is 0 Å². The van der Waals surface area contributed by atoms with Gasteiger partial charge in [-0.3, -0.25) is 4.79 Å². The number of carbonyl (C=O) groups is 1. The molecule has 0 saturated heterocycles. The summed E-state index contributed by atoms with van der Waals surface area (Å²) in [5.74, 6) is 0.341. The molecule has 0 aliphatic carbocycles. The molecular formula is C15H26N2O2. The lowest BCUT2D eigenvalue weighted by Crippen LogP contribution is -2.29. The number of nitrogens with one attached hydrogen (secondary N) is 1. The average Bonchev–Trinajstić information content (AvgIpc) is 2.69. The zero-order valence-electron chi connectivity index (χ0n) is 12.5. The van der Waals surface area contributed by atoms with Crippen molar-refractivity contribution in [1.29, 1.82) is 0 Å². The van der Waals surface area contributed by atoms with Gasteiger partial charge in [0.1, 0.15) is 0 Å². The second kappa shape index (κ2) is 7.34. The van der Waals surface area contributed by atoms with E-state index in [4.69, 9.17) is 5.11 Å². The lowest BCUT2D eigenvalue weighted by atomic mass is 10.0. The minimum atomic E-state index is -0.0100. The van der Waals surface area contributed by atoms with Crippen molar-refractivity contribution in [2.45, 2.75) is 47.1 Å². The van der Waals surface area contributed by atoms with Crippen LogP contribution in [-0.2, 0) is 6.54 Å². The number of hydrogen-bond donors (Lipinski definition) is 2. The van der Waals surface area contributed by atoms with Crippen LogP contribution in [0.2, 0.25) is 0 Å². The lowest BCUT2D eigenvalue weighted by Gasteiger charge is -2.14. The van der Waals surface area contributed by atoms with E-state index in [-0.39, 0.29) is 12.5 Å². The maximum absolute atomic E-state index is 12.2. The van der Waals surface area contributed by atoms with Crippen LogP contribution in [0, 0.1) is 19.8 Å². The topological polar surface area (TPSA) is 54.3 Å². The molecule has 0 aliphatic rings. The molecule has 19 heavy (non-hydrogen) atoms. The third-order valence-corrected chi connectivity index (χ3v) is 3.80. The summed E-state index contributed by atoms with van der Waals surface area (Å²) >= 11 is 0. The van der Waals surface area contributed by atoms with Crippen molar-refractivity contribution in [1.82, 2.24) is 9.88 Å². The van der Waals surface area contributed by atoms with E-state index in [1.165, 1.54) is 0 Å². The second-order valence-electron chi connectivity index (χ2n) is 5.03. The van der Waals surface area contributed by atoms with E-state index in [0.717, 1.165) is 36.3 Å². The van der Waals surface area contributed by atoms with Crippen LogP contribution >= 0.6 is 0 Å². The zero-order chi connectivity index (χ0) is 14.4. The van der Waals surface area contributed by atoms with Crippen molar-refractivity contribution < 1.29 is 9.90 Å². The molecule has 4 heteroatoms. The molecule has 4 nitrogen and oxygen atoms in total. The second-order valence-corrected chi connectivity index (χ2v) is 5.03. The van der Waals surface area contributed by atoms with E-state index in [0.29, 0.717) is 12.5 Å². The number of nitrogens with zero attached hydrogens (tertiary/aromatic N) is 1. The molecule has 1 unspecified atom stereocenters. The molecule has 1 amide bonds. The molecule has 0 bridgehead atoms. The molecule has 0 saturated carbocycles. The first-order valence-corrected chi connectivity index (χ1v) is 7.10.